The lowest BCUT2D eigenvalue weighted by Gasteiger charge is -2.44. The topological polar surface area (TPSA) is 59.1 Å². The van der Waals surface area contributed by atoms with Gasteiger partial charge in [0.2, 0.25) is 0 Å². The Hall–Kier alpha value is -2.86. The van der Waals surface area contributed by atoms with Crippen LogP contribution < -0.4 is 9.64 Å². The zero-order chi connectivity index (χ0) is 25.0. The molecule has 0 unspecified atom stereocenters. The van der Waals surface area contributed by atoms with Gasteiger partial charge in [-0.1, -0.05) is 62.1 Å². The van der Waals surface area contributed by atoms with E-state index in [1.807, 2.05) is 54.6 Å². The highest BCUT2D eigenvalue weighted by molar-refractivity contribution is 5.88. The van der Waals surface area contributed by atoms with Crippen LogP contribution in [0.4, 0.5) is 10.5 Å². The van der Waals surface area contributed by atoms with E-state index in [2.05, 4.69) is 4.90 Å². The second kappa shape index (κ2) is 14.0. The average molecular weight is 493 g/mol. The molecule has 3 aliphatic heterocycles. The summed E-state index contributed by atoms with van der Waals surface area (Å²) in [5, 5.41) is 0. The number of fused-ring (bicyclic) bond motifs is 3. The lowest BCUT2D eigenvalue weighted by molar-refractivity contribution is -0.107. The third-order valence-corrected chi connectivity index (χ3v) is 7.37. The van der Waals surface area contributed by atoms with Gasteiger partial charge in [0.1, 0.15) is 18.1 Å². The lowest BCUT2D eigenvalue weighted by atomic mass is 9.86. The van der Waals surface area contributed by atoms with E-state index >= 15 is 0 Å². The minimum atomic E-state index is -0.288. The highest BCUT2D eigenvalue weighted by Crippen LogP contribution is 2.31. The molecule has 3 fully saturated rings. The maximum Gasteiger partial charge on any atom is 0.414 e. The molecular formula is C30H40N2O4. The standard InChI is InChI=1S/C30H40N2O4/c33-20-9-4-2-1-3-5-10-21-35-28-15-11-14-27(22-28)32(23-25-12-7-6-8-13-25)30(34)36-29-24-31-18-16-26(29)17-19-31/h6-8,11-15,20,22,26,29H,1-5,9-10,16-19,21,23-24H2/t29-/m0/s1. The van der Waals surface area contributed by atoms with Crippen molar-refractivity contribution in [3.63, 3.8) is 0 Å². The smallest absolute Gasteiger partial charge is 0.414 e. The molecule has 0 saturated carbocycles. The summed E-state index contributed by atoms with van der Waals surface area (Å²) >= 11 is 0. The van der Waals surface area contributed by atoms with Gasteiger partial charge in [-0.25, -0.2) is 4.79 Å². The van der Waals surface area contributed by atoms with E-state index in [0.29, 0.717) is 25.5 Å². The third-order valence-electron chi connectivity index (χ3n) is 7.37. The van der Waals surface area contributed by atoms with Gasteiger partial charge in [-0.3, -0.25) is 9.80 Å². The molecular weight excluding hydrogens is 452 g/mol. The van der Waals surface area contributed by atoms with E-state index in [0.717, 1.165) is 81.4 Å². The Balaban J connectivity index is 1.34. The first-order valence-corrected chi connectivity index (χ1v) is 13.6. The first kappa shape index (κ1) is 26.2. The molecule has 0 aromatic heterocycles. The van der Waals surface area contributed by atoms with Gasteiger partial charge in [-0.2, -0.15) is 0 Å². The monoisotopic (exact) mass is 492 g/mol. The molecule has 0 N–H and O–H groups in total. The number of benzene rings is 2. The van der Waals surface area contributed by atoms with Gasteiger partial charge in [0.15, 0.2) is 0 Å². The van der Waals surface area contributed by atoms with Crippen LogP contribution in [-0.4, -0.2) is 49.6 Å². The van der Waals surface area contributed by atoms with Gasteiger partial charge in [0.05, 0.1) is 18.8 Å². The lowest BCUT2D eigenvalue weighted by Crippen LogP contribution is -2.53. The second-order valence-electron chi connectivity index (χ2n) is 10.1. The van der Waals surface area contributed by atoms with Gasteiger partial charge >= 0.3 is 6.09 Å². The zero-order valence-electron chi connectivity index (χ0n) is 21.4. The summed E-state index contributed by atoms with van der Waals surface area (Å²) in [6.07, 6.45) is 10.1. The number of ether oxygens (including phenoxy) is 2. The molecule has 1 atom stereocenters. The zero-order valence-corrected chi connectivity index (χ0v) is 21.4. The van der Waals surface area contributed by atoms with Crippen molar-refractivity contribution in [1.82, 2.24) is 4.90 Å². The van der Waals surface area contributed by atoms with Crippen LogP contribution in [0, 0.1) is 5.92 Å². The molecule has 3 aliphatic rings. The van der Waals surface area contributed by atoms with Crippen LogP contribution in [0.3, 0.4) is 0 Å². The number of nitrogens with zero attached hydrogens (tertiary/aromatic N) is 2. The van der Waals surface area contributed by atoms with Gasteiger partial charge < -0.3 is 14.3 Å². The minimum absolute atomic E-state index is 0.0313. The first-order valence-electron chi connectivity index (χ1n) is 13.6. The van der Waals surface area contributed by atoms with E-state index in [4.69, 9.17) is 9.47 Å². The summed E-state index contributed by atoms with van der Waals surface area (Å²) in [6.45, 7) is 4.18. The highest BCUT2D eigenvalue weighted by Gasteiger charge is 2.37. The molecule has 2 bridgehead atoms. The van der Waals surface area contributed by atoms with Gasteiger partial charge in [-0.15, -0.1) is 0 Å². The van der Waals surface area contributed by atoms with Crippen molar-refractivity contribution >= 4 is 18.1 Å². The van der Waals surface area contributed by atoms with E-state index in [-0.39, 0.29) is 12.2 Å². The fourth-order valence-corrected chi connectivity index (χ4v) is 5.23. The Bertz CT molecular complexity index is 943. The summed E-state index contributed by atoms with van der Waals surface area (Å²) in [6, 6.07) is 17.8. The number of unbranched alkanes of at least 4 members (excludes halogenated alkanes) is 6. The molecule has 1 amide bonds. The maximum atomic E-state index is 13.5. The van der Waals surface area contributed by atoms with E-state index < -0.39 is 0 Å². The van der Waals surface area contributed by atoms with Gasteiger partial charge in [-0.05, 0) is 62.4 Å². The number of carbonyl (C=O) groups is 2. The average Bonchev–Trinajstić information content (AvgIpc) is 2.92. The van der Waals surface area contributed by atoms with Crippen molar-refractivity contribution in [1.29, 1.82) is 0 Å². The summed E-state index contributed by atoms with van der Waals surface area (Å²) in [4.78, 5) is 28.0. The fraction of sp³-hybridized carbons (Fsp3) is 0.533. The first-order chi connectivity index (χ1) is 17.7. The summed E-state index contributed by atoms with van der Waals surface area (Å²) in [5.41, 5.74) is 1.85. The predicted octanol–water partition coefficient (Wildman–Crippen LogP) is 6.23. The van der Waals surface area contributed by atoms with Crippen LogP contribution in [0.15, 0.2) is 54.6 Å². The maximum absolute atomic E-state index is 13.5. The number of carbonyl (C=O) groups excluding carboxylic acids is 2. The number of hydrogen-bond donors (Lipinski definition) is 0. The van der Waals surface area contributed by atoms with Crippen LogP contribution in [0.1, 0.15) is 63.4 Å². The Labute approximate surface area is 215 Å². The van der Waals surface area contributed by atoms with E-state index in [1.54, 1.807) is 4.90 Å². The largest absolute Gasteiger partial charge is 0.494 e. The molecule has 2 aromatic rings. The van der Waals surface area contributed by atoms with Crippen LogP contribution in [0.25, 0.3) is 0 Å². The van der Waals surface area contributed by atoms with Crippen LogP contribution in [0.5, 0.6) is 5.75 Å². The molecule has 6 heteroatoms. The molecule has 0 aliphatic carbocycles. The summed E-state index contributed by atoms with van der Waals surface area (Å²) in [5.74, 6) is 1.24. The Kier molecular flexibility index (Phi) is 10.2. The quantitative estimate of drug-likeness (QED) is 0.231. The normalized spacial score (nSPS) is 20.6. The number of anilines is 1. The predicted molar refractivity (Wildman–Crippen MR) is 142 cm³/mol. The summed E-state index contributed by atoms with van der Waals surface area (Å²) in [7, 11) is 0. The van der Waals surface area contributed by atoms with Crippen molar-refractivity contribution in [3.8, 4) is 5.75 Å². The van der Waals surface area contributed by atoms with Crippen LogP contribution >= 0.6 is 0 Å². The van der Waals surface area contributed by atoms with E-state index in [1.165, 1.54) is 12.8 Å². The Morgan fingerprint density at radius 3 is 2.42 bits per heavy atom. The molecule has 0 spiro atoms. The second-order valence-corrected chi connectivity index (χ2v) is 10.1. The van der Waals surface area contributed by atoms with Gasteiger partial charge in [0.25, 0.3) is 0 Å². The van der Waals surface area contributed by atoms with Crippen molar-refractivity contribution in [2.75, 3.05) is 31.1 Å². The molecule has 5 rings (SSSR count). The molecule has 3 saturated heterocycles. The number of piperidine rings is 3. The molecule has 194 valence electrons. The van der Waals surface area contributed by atoms with Crippen molar-refractivity contribution in [2.24, 2.45) is 5.92 Å². The van der Waals surface area contributed by atoms with Crippen molar-refractivity contribution < 1.29 is 19.1 Å². The highest BCUT2D eigenvalue weighted by atomic mass is 16.6. The molecule has 6 nitrogen and oxygen atoms in total. The molecule has 2 aromatic carbocycles. The fourth-order valence-electron chi connectivity index (χ4n) is 5.23. The number of hydrogen-bond acceptors (Lipinski definition) is 5. The number of rotatable bonds is 14. The van der Waals surface area contributed by atoms with Gasteiger partial charge in [0, 0.05) is 19.0 Å². The van der Waals surface area contributed by atoms with E-state index in [9.17, 15) is 9.59 Å². The number of amides is 1. The molecule has 36 heavy (non-hydrogen) atoms. The van der Waals surface area contributed by atoms with Crippen LogP contribution in [-0.2, 0) is 16.1 Å². The van der Waals surface area contributed by atoms with Crippen LogP contribution in [0.2, 0.25) is 0 Å². The Morgan fingerprint density at radius 2 is 1.69 bits per heavy atom. The summed E-state index contributed by atoms with van der Waals surface area (Å²) < 4.78 is 12.1. The minimum Gasteiger partial charge on any atom is -0.494 e. The van der Waals surface area contributed by atoms with Crippen molar-refractivity contribution in [3.05, 3.63) is 60.2 Å². The SMILES string of the molecule is O=CCCCCCCCCOc1cccc(N(Cc2ccccc2)C(=O)O[C@H]2CN3CCC2CC3)c1. The molecule has 0 radical (unpaired) electrons. The number of aldehydes is 1. The third kappa shape index (κ3) is 7.82. The molecule has 3 heterocycles. The Morgan fingerprint density at radius 1 is 0.944 bits per heavy atom. The van der Waals surface area contributed by atoms with Crippen molar-refractivity contribution in [2.45, 2.75) is 70.4 Å².